The average molecular weight is 483 g/mol. The standard InChI is InChI=1S/C27H31F5O2/c1-33-16-17-2-4-18(5-3-17)19-6-8-20(9-7-19)21-10-12-22(13-11-21)27(31,32)34-23-14-24(28)26(30)25(29)15-23/h10-15,17-20H,2-9,16H2,1H3. The minimum atomic E-state index is -3.81. The summed E-state index contributed by atoms with van der Waals surface area (Å²) in [7, 11) is 1.77. The van der Waals surface area contributed by atoms with E-state index in [1.54, 1.807) is 19.2 Å². The second-order valence-electron chi connectivity index (χ2n) is 9.79. The van der Waals surface area contributed by atoms with Crippen molar-refractivity contribution < 1.29 is 31.4 Å². The van der Waals surface area contributed by atoms with E-state index in [1.165, 1.54) is 37.8 Å². The van der Waals surface area contributed by atoms with Gasteiger partial charge in [-0.1, -0.05) is 12.1 Å². The molecule has 2 saturated carbocycles. The number of hydrogen-bond acceptors (Lipinski definition) is 2. The maximum absolute atomic E-state index is 14.5. The zero-order valence-electron chi connectivity index (χ0n) is 19.3. The van der Waals surface area contributed by atoms with Crippen molar-refractivity contribution >= 4 is 0 Å². The molecule has 0 spiro atoms. The molecule has 0 radical (unpaired) electrons. The molecule has 0 saturated heterocycles. The molecule has 186 valence electrons. The Balaban J connectivity index is 1.32. The molecule has 0 aliphatic heterocycles. The smallest absolute Gasteiger partial charge is 0.426 e. The first kappa shape index (κ1) is 25.0. The molecule has 0 atom stereocenters. The Labute approximate surface area is 197 Å². The molecule has 0 bridgehead atoms. The predicted octanol–water partition coefficient (Wildman–Crippen LogP) is 7.96. The second-order valence-corrected chi connectivity index (χ2v) is 9.79. The summed E-state index contributed by atoms with van der Waals surface area (Å²) in [5.74, 6) is -3.11. The van der Waals surface area contributed by atoms with Gasteiger partial charge in [-0.2, -0.15) is 8.78 Å². The largest absolute Gasteiger partial charge is 0.429 e. The molecular weight excluding hydrogens is 451 g/mol. The van der Waals surface area contributed by atoms with E-state index in [0.29, 0.717) is 24.0 Å². The van der Waals surface area contributed by atoms with Gasteiger partial charge in [0.05, 0.1) is 5.56 Å². The molecule has 7 heteroatoms. The topological polar surface area (TPSA) is 18.5 Å². The van der Waals surface area contributed by atoms with E-state index >= 15 is 0 Å². The van der Waals surface area contributed by atoms with E-state index in [0.717, 1.165) is 49.7 Å². The Morgan fingerprint density at radius 1 is 0.794 bits per heavy atom. The van der Waals surface area contributed by atoms with Gasteiger partial charge in [0, 0.05) is 25.8 Å². The molecule has 0 amide bonds. The predicted molar refractivity (Wildman–Crippen MR) is 119 cm³/mol. The molecule has 2 nitrogen and oxygen atoms in total. The van der Waals surface area contributed by atoms with Crippen LogP contribution >= 0.6 is 0 Å². The fourth-order valence-electron chi connectivity index (χ4n) is 5.73. The van der Waals surface area contributed by atoms with Crippen LogP contribution < -0.4 is 4.74 Å². The fourth-order valence-corrected chi connectivity index (χ4v) is 5.73. The van der Waals surface area contributed by atoms with Gasteiger partial charge < -0.3 is 9.47 Å². The Morgan fingerprint density at radius 3 is 1.85 bits per heavy atom. The lowest BCUT2D eigenvalue weighted by Gasteiger charge is -2.38. The van der Waals surface area contributed by atoms with Crippen LogP contribution in [0, 0.1) is 35.2 Å². The van der Waals surface area contributed by atoms with E-state index in [1.807, 2.05) is 0 Å². The summed E-state index contributed by atoms with van der Waals surface area (Å²) < 4.78 is 78.6. The summed E-state index contributed by atoms with van der Waals surface area (Å²) in [6.45, 7) is 0.858. The van der Waals surface area contributed by atoms with Crippen LogP contribution in [0.5, 0.6) is 5.75 Å². The van der Waals surface area contributed by atoms with Gasteiger partial charge in [-0.05, 0) is 92.7 Å². The van der Waals surface area contributed by atoms with Crippen LogP contribution in [-0.4, -0.2) is 13.7 Å². The van der Waals surface area contributed by atoms with E-state index < -0.39 is 34.9 Å². The summed E-state index contributed by atoms with van der Waals surface area (Å²) >= 11 is 0. The van der Waals surface area contributed by atoms with Crippen LogP contribution in [0.4, 0.5) is 22.0 Å². The summed E-state index contributed by atoms with van der Waals surface area (Å²) in [5.41, 5.74) is 0.587. The van der Waals surface area contributed by atoms with Crippen molar-refractivity contribution in [3.8, 4) is 5.75 Å². The summed E-state index contributed by atoms with van der Waals surface area (Å²) in [6.07, 6.45) is 5.63. The third kappa shape index (κ3) is 5.73. The zero-order chi connectivity index (χ0) is 24.3. The van der Waals surface area contributed by atoms with Gasteiger partial charge in [0.1, 0.15) is 5.75 Å². The molecule has 0 aromatic heterocycles. The molecule has 0 N–H and O–H groups in total. The minimum absolute atomic E-state index is 0.338. The van der Waals surface area contributed by atoms with Crippen LogP contribution in [0.2, 0.25) is 0 Å². The lowest BCUT2D eigenvalue weighted by molar-refractivity contribution is -0.185. The molecule has 34 heavy (non-hydrogen) atoms. The summed E-state index contributed by atoms with van der Waals surface area (Å²) in [4.78, 5) is 0. The molecule has 2 aliphatic carbocycles. The Bertz CT molecular complexity index is 923. The van der Waals surface area contributed by atoms with Crippen molar-refractivity contribution in [3.63, 3.8) is 0 Å². The van der Waals surface area contributed by atoms with Gasteiger partial charge in [-0.15, -0.1) is 0 Å². The highest BCUT2D eigenvalue weighted by atomic mass is 19.3. The third-order valence-electron chi connectivity index (χ3n) is 7.65. The van der Waals surface area contributed by atoms with E-state index in [-0.39, 0.29) is 0 Å². The highest BCUT2D eigenvalue weighted by Crippen LogP contribution is 2.44. The first-order valence-electron chi connectivity index (χ1n) is 12.1. The fraction of sp³-hybridized carbons (Fsp3) is 0.556. The van der Waals surface area contributed by atoms with Gasteiger partial charge in [0.25, 0.3) is 0 Å². The molecular formula is C27H31F5O2. The van der Waals surface area contributed by atoms with E-state index in [2.05, 4.69) is 4.74 Å². The van der Waals surface area contributed by atoms with Crippen molar-refractivity contribution in [3.05, 3.63) is 65.0 Å². The van der Waals surface area contributed by atoms with Crippen molar-refractivity contribution in [2.45, 2.75) is 63.4 Å². The Kier molecular flexibility index (Phi) is 7.80. The monoisotopic (exact) mass is 482 g/mol. The molecule has 2 fully saturated rings. The summed E-state index contributed by atoms with van der Waals surface area (Å²) in [6, 6.07) is 6.74. The zero-order valence-corrected chi connectivity index (χ0v) is 19.3. The Hall–Kier alpha value is -2.15. The Morgan fingerprint density at radius 2 is 1.32 bits per heavy atom. The van der Waals surface area contributed by atoms with E-state index in [4.69, 9.17) is 4.74 Å². The molecule has 0 heterocycles. The third-order valence-corrected chi connectivity index (χ3v) is 7.65. The lowest BCUT2D eigenvalue weighted by Crippen LogP contribution is -2.26. The highest BCUT2D eigenvalue weighted by Gasteiger charge is 2.36. The van der Waals surface area contributed by atoms with Gasteiger partial charge in [0.2, 0.25) is 0 Å². The first-order chi connectivity index (χ1) is 16.3. The molecule has 4 rings (SSSR count). The molecule has 2 aromatic carbocycles. The first-order valence-corrected chi connectivity index (χ1v) is 12.1. The number of ether oxygens (including phenoxy) is 2. The van der Waals surface area contributed by atoms with Gasteiger partial charge in [0.15, 0.2) is 17.5 Å². The van der Waals surface area contributed by atoms with Crippen molar-refractivity contribution in [1.82, 2.24) is 0 Å². The highest BCUT2D eigenvalue weighted by molar-refractivity contribution is 5.30. The van der Waals surface area contributed by atoms with Crippen molar-refractivity contribution in [1.29, 1.82) is 0 Å². The second kappa shape index (κ2) is 10.6. The molecule has 2 aliphatic rings. The number of benzene rings is 2. The van der Waals surface area contributed by atoms with Crippen LogP contribution in [-0.2, 0) is 10.8 Å². The van der Waals surface area contributed by atoms with Crippen molar-refractivity contribution in [2.24, 2.45) is 17.8 Å². The number of halogens is 5. The number of methoxy groups -OCH3 is 1. The number of alkyl halides is 2. The van der Waals surface area contributed by atoms with Crippen LogP contribution in [0.1, 0.15) is 68.4 Å². The van der Waals surface area contributed by atoms with Crippen LogP contribution in [0.3, 0.4) is 0 Å². The SMILES string of the molecule is COCC1CCC(C2CCC(c3ccc(C(F)(F)Oc4cc(F)c(F)c(F)c4)cc3)CC2)CC1. The van der Waals surface area contributed by atoms with Gasteiger partial charge >= 0.3 is 6.11 Å². The molecule has 2 aromatic rings. The summed E-state index contributed by atoms with van der Waals surface area (Å²) in [5, 5.41) is 0. The average Bonchev–Trinajstić information content (AvgIpc) is 2.83. The van der Waals surface area contributed by atoms with Crippen molar-refractivity contribution in [2.75, 3.05) is 13.7 Å². The van der Waals surface area contributed by atoms with Crippen LogP contribution in [0.25, 0.3) is 0 Å². The normalized spacial score (nSPS) is 25.8. The maximum atomic E-state index is 14.5. The number of hydrogen-bond donors (Lipinski definition) is 0. The quantitative estimate of drug-likeness (QED) is 0.294. The lowest BCUT2D eigenvalue weighted by atomic mass is 9.68. The number of rotatable bonds is 7. The van der Waals surface area contributed by atoms with Crippen LogP contribution in [0.15, 0.2) is 36.4 Å². The molecule has 0 unspecified atom stereocenters. The maximum Gasteiger partial charge on any atom is 0.426 e. The minimum Gasteiger partial charge on any atom is -0.429 e. The van der Waals surface area contributed by atoms with Gasteiger partial charge in [-0.3, -0.25) is 0 Å². The van der Waals surface area contributed by atoms with Gasteiger partial charge in [-0.25, -0.2) is 13.2 Å². The van der Waals surface area contributed by atoms with E-state index in [9.17, 15) is 22.0 Å².